The predicted molar refractivity (Wildman–Crippen MR) is 79.9 cm³/mol. The van der Waals surface area contributed by atoms with Crippen LogP contribution in [0.2, 0.25) is 0 Å². The molecule has 1 N–H and O–H groups in total. The van der Waals surface area contributed by atoms with Gasteiger partial charge in [0.2, 0.25) is 5.91 Å². The molecule has 0 aromatic carbocycles. The molecule has 7 heteroatoms. The quantitative estimate of drug-likeness (QED) is 0.837. The number of aryl methyl sites for hydroxylation is 1. The first kappa shape index (κ1) is 16.5. The van der Waals surface area contributed by atoms with Crippen molar-refractivity contribution in [3.8, 4) is 0 Å². The number of amides is 1. The third-order valence-electron chi connectivity index (χ3n) is 3.80. The second kappa shape index (κ2) is 7.91. The second-order valence-corrected chi connectivity index (χ2v) is 5.61. The van der Waals surface area contributed by atoms with E-state index < -0.39 is 12.1 Å². The fraction of sp³-hybridized carbons (Fsp3) is 0.733. The zero-order valence-corrected chi connectivity index (χ0v) is 13.3. The number of aromatic nitrogens is 3. The molecule has 1 aliphatic heterocycles. The van der Waals surface area contributed by atoms with Crippen LogP contribution in [0.15, 0.2) is 0 Å². The molecule has 1 atom stereocenters. The third-order valence-corrected chi connectivity index (χ3v) is 3.80. The first-order chi connectivity index (χ1) is 10.6. The van der Waals surface area contributed by atoms with Crippen molar-refractivity contribution in [3.63, 3.8) is 0 Å². The number of aromatic amines is 1. The molecule has 2 heterocycles. The molecule has 0 bridgehead atoms. The van der Waals surface area contributed by atoms with Crippen LogP contribution in [-0.4, -0.2) is 45.0 Å². The van der Waals surface area contributed by atoms with E-state index >= 15 is 0 Å². The Labute approximate surface area is 130 Å². The van der Waals surface area contributed by atoms with E-state index in [1.54, 1.807) is 11.8 Å². The van der Waals surface area contributed by atoms with Gasteiger partial charge in [0.1, 0.15) is 12.4 Å². The molecule has 122 valence electrons. The van der Waals surface area contributed by atoms with E-state index in [2.05, 4.69) is 15.2 Å². The molecule has 7 nitrogen and oxygen atoms in total. The zero-order chi connectivity index (χ0) is 15.9. The second-order valence-electron chi connectivity index (χ2n) is 5.61. The standard InChI is InChI=1S/C15H24N4O3/c1-3-12-16-15(18-17-12)11(2)22-14(21)10-19-9-7-5-4-6-8-13(19)20/h11H,3-10H2,1-2H3,(H,16,17,18)/t11-/m0/s1. The lowest BCUT2D eigenvalue weighted by Crippen LogP contribution is -2.38. The van der Waals surface area contributed by atoms with Crippen LogP contribution in [0.25, 0.3) is 0 Å². The van der Waals surface area contributed by atoms with Crippen LogP contribution in [0.4, 0.5) is 0 Å². The van der Waals surface area contributed by atoms with Crippen molar-refractivity contribution < 1.29 is 14.3 Å². The summed E-state index contributed by atoms with van der Waals surface area (Å²) in [6.45, 7) is 4.33. The highest BCUT2D eigenvalue weighted by Gasteiger charge is 2.22. The van der Waals surface area contributed by atoms with Gasteiger partial charge in [-0.2, -0.15) is 5.10 Å². The van der Waals surface area contributed by atoms with E-state index in [4.69, 9.17) is 4.74 Å². The fourth-order valence-electron chi connectivity index (χ4n) is 2.48. The van der Waals surface area contributed by atoms with Crippen LogP contribution in [0, 0.1) is 0 Å². The molecule has 0 saturated carbocycles. The summed E-state index contributed by atoms with van der Waals surface area (Å²) < 4.78 is 5.34. The van der Waals surface area contributed by atoms with Gasteiger partial charge in [0, 0.05) is 19.4 Å². The summed E-state index contributed by atoms with van der Waals surface area (Å²) in [5.41, 5.74) is 0. The molecule has 0 unspecified atom stereocenters. The molecule has 1 aromatic heterocycles. The van der Waals surface area contributed by atoms with Crippen molar-refractivity contribution in [2.45, 2.75) is 58.5 Å². The van der Waals surface area contributed by atoms with Gasteiger partial charge in [0.25, 0.3) is 0 Å². The number of ether oxygens (including phenoxy) is 1. The van der Waals surface area contributed by atoms with Gasteiger partial charge in [-0.05, 0) is 19.8 Å². The molecule has 0 aliphatic carbocycles. The number of carbonyl (C=O) groups is 2. The van der Waals surface area contributed by atoms with Crippen LogP contribution in [0.1, 0.15) is 63.7 Å². The van der Waals surface area contributed by atoms with Crippen molar-refractivity contribution in [1.82, 2.24) is 20.1 Å². The molecule has 2 rings (SSSR count). The number of esters is 1. The minimum absolute atomic E-state index is 0.00817. The fourth-order valence-corrected chi connectivity index (χ4v) is 2.48. The first-order valence-corrected chi connectivity index (χ1v) is 7.98. The van der Waals surface area contributed by atoms with Crippen molar-refractivity contribution in [2.75, 3.05) is 13.1 Å². The number of nitrogens with one attached hydrogen (secondary N) is 1. The lowest BCUT2D eigenvalue weighted by atomic mass is 10.1. The highest BCUT2D eigenvalue weighted by Crippen LogP contribution is 2.15. The van der Waals surface area contributed by atoms with Gasteiger partial charge in [0.05, 0.1) is 0 Å². The van der Waals surface area contributed by atoms with Crippen molar-refractivity contribution in [3.05, 3.63) is 11.6 Å². The molecule has 1 fully saturated rings. The van der Waals surface area contributed by atoms with E-state index in [0.29, 0.717) is 18.8 Å². The molecule has 22 heavy (non-hydrogen) atoms. The Kier molecular flexibility index (Phi) is 5.91. The van der Waals surface area contributed by atoms with Crippen LogP contribution < -0.4 is 0 Å². The SMILES string of the molecule is CCc1nc([C@H](C)OC(=O)CN2CCCCCCC2=O)n[nH]1. The smallest absolute Gasteiger partial charge is 0.326 e. The van der Waals surface area contributed by atoms with Crippen molar-refractivity contribution in [2.24, 2.45) is 0 Å². The van der Waals surface area contributed by atoms with Gasteiger partial charge >= 0.3 is 5.97 Å². The van der Waals surface area contributed by atoms with E-state index in [1.165, 1.54) is 0 Å². The lowest BCUT2D eigenvalue weighted by Gasteiger charge is -2.24. The number of carbonyl (C=O) groups excluding carboxylic acids is 2. The van der Waals surface area contributed by atoms with Crippen LogP contribution in [-0.2, 0) is 20.7 Å². The summed E-state index contributed by atoms with van der Waals surface area (Å²) in [6.07, 6.45) is 4.78. The van der Waals surface area contributed by atoms with Crippen molar-refractivity contribution in [1.29, 1.82) is 0 Å². The number of hydrogen-bond donors (Lipinski definition) is 1. The number of likely N-dealkylation sites (tertiary alicyclic amines) is 1. The summed E-state index contributed by atoms with van der Waals surface area (Å²) in [5.74, 6) is 0.848. The van der Waals surface area contributed by atoms with Gasteiger partial charge in [0.15, 0.2) is 11.9 Å². The lowest BCUT2D eigenvalue weighted by molar-refractivity contribution is -0.154. The average molecular weight is 308 g/mol. The molecule has 1 aromatic rings. The van der Waals surface area contributed by atoms with Gasteiger partial charge in [-0.1, -0.05) is 19.8 Å². The molecule has 1 amide bonds. The highest BCUT2D eigenvalue weighted by molar-refractivity contribution is 5.82. The Morgan fingerprint density at radius 3 is 2.86 bits per heavy atom. The highest BCUT2D eigenvalue weighted by atomic mass is 16.5. The Balaban J connectivity index is 1.86. The minimum atomic E-state index is -0.520. The number of H-pyrrole nitrogens is 1. The molecule has 0 spiro atoms. The first-order valence-electron chi connectivity index (χ1n) is 7.98. The Hall–Kier alpha value is -1.92. The number of hydrogen-bond acceptors (Lipinski definition) is 5. The van der Waals surface area contributed by atoms with Gasteiger partial charge in [-0.25, -0.2) is 4.98 Å². The molecule has 1 aliphatic rings. The maximum absolute atomic E-state index is 12.0. The monoisotopic (exact) mass is 308 g/mol. The summed E-state index contributed by atoms with van der Waals surface area (Å²) in [5, 5.41) is 6.83. The molecular weight excluding hydrogens is 284 g/mol. The zero-order valence-electron chi connectivity index (χ0n) is 13.3. The molecule has 0 radical (unpaired) electrons. The Bertz CT molecular complexity index is 515. The predicted octanol–water partition coefficient (Wildman–Crippen LogP) is 1.76. The largest absolute Gasteiger partial charge is 0.453 e. The van der Waals surface area contributed by atoms with E-state index in [0.717, 1.165) is 37.9 Å². The minimum Gasteiger partial charge on any atom is -0.453 e. The van der Waals surface area contributed by atoms with E-state index in [-0.39, 0.29) is 12.5 Å². The van der Waals surface area contributed by atoms with Gasteiger partial charge < -0.3 is 9.64 Å². The van der Waals surface area contributed by atoms with Crippen LogP contribution in [0.3, 0.4) is 0 Å². The van der Waals surface area contributed by atoms with Gasteiger partial charge in [-0.3, -0.25) is 14.7 Å². The Morgan fingerprint density at radius 1 is 1.36 bits per heavy atom. The average Bonchev–Trinajstić information content (AvgIpc) is 2.96. The van der Waals surface area contributed by atoms with Crippen LogP contribution >= 0.6 is 0 Å². The number of rotatable bonds is 5. The van der Waals surface area contributed by atoms with Crippen LogP contribution in [0.5, 0.6) is 0 Å². The Morgan fingerprint density at radius 2 is 2.14 bits per heavy atom. The normalized spacial score (nSPS) is 17.7. The van der Waals surface area contributed by atoms with Gasteiger partial charge in [-0.15, -0.1) is 0 Å². The summed E-state index contributed by atoms with van der Waals surface area (Å²) in [7, 11) is 0. The molecule has 1 saturated heterocycles. The topological polar surface area (TPSA) is 88.2 Å². The van der Waals surface area contributed by atoms with E-state index in [9.17, 15) is 9.59 Å². The summed E-state index contributed by atoms with van der Waals surface area (Å²) in [4.78, 5) is 29.9. The molecular formula is C15H24N4O3. The maximum Gasteiger partial charge on any atom is 0.326 e. The maximum atomic E-state index is 12.0. The summed E-state index contributed by atoms with van der Waals surface area (Å²) in [6, 6.07) is 0. The number of nitrogens with zero attached hydrogens (tertiary/aromatic N) is 3. The van der Waals surface area contributed by atoms with Crippen molar-refractivity contribution >= 4 is 11.9 Å². The third kappa shape index (κ3) is 4.54. The summed E-state index contributed by atoms with van der Waals surface area (Å²) >= 11 is 0. The van der Waals surface area contributed by atoms with E-state index in [1.807, 2.05) is 6.92 Å².